The summed E-state index contributed by atoms with van der Waals surface area (Å²) < 4.78 is 5.47. The molecule has 3 nitrogen and oxygen atoms in total. The van der Waals surface area contributed by atoms with Gasteiger partial charge in [-0.05, 0) is 62.5 Å². The van der Waals surface area contributed by atoms with Gasteiger partial charge in [0, 0.05) is 18.1 Å². The van der Waals surface area contributed by atoms with Crippen molar-refractivity contribution in [2.24, 2.45) is 0 Å². The standard InChI is InChI=1S/C18H27NO2/c1-19-11-10-18(9-4-3-5-17(18)19)16-13-15(21-2)7-6-14(16)8-12-20/h6-7,13,17,20H,3-5,8-12H2,1-2H3/t17-,18+/m1/s1. The van der Waals surface area contributed by atoms with E-state index in [0.717, 1.165) is 12.2 Å². The highest BCUT2D eigenvalue weighted by Gasteiger charge is 2.48. The molecule has 116 valence electrons. The number of benzene rings is 1. The van der Waals surface area contributed by atoms with Crippen LogP contribution >= 0.6 is 0 Å². The summed E-state index contributed by atoms with van der Waals surface area (Å²) in [4.78, 5) is 2.54. The number of aliphatic hydroxyl groups excluding tert-OH is 1. The topological polar surface area (TPSA) is 32.7 Å². The highest BCUT2D eigenvalue weighted by atomic mass is 16.5. The molecule has 1 aromatic rings. The number of hydrogen-bond donors (Lipinski definition) is 1. The lowest BCUT2D eigenvalue weighted by molar-refractivity contribution is 0.180. The first-order valence-electron chi connectivity index (χ1n) is 8.20. The Bertz CT molecular complexity index is 498. The van der Waals surface area contributed by atoms with Crippen LogP contribution in [0.25, 0.3) is 0 Å². The van der Waals surface area contributed by atoms with Gasteiger partial charge in [-0.25, -0.2) is 0 Å². The van der Waals surface area contributed by atoms with Crippen molar-refractivity contribution in [2.75, 3.05) is 27.3 Å². The van der Waals surface area contributed by atoms with Crippen molar-refractivity contribution in [3.63, 3.8) is 0 Å². The summed E-state index contributed by atoms with van der Waals surface area (Å²) in [6.45, 7) is 1.40. The van der Waals surface area contributed by atoms with Crippen LogP contribution in [0.4, 0.5) is 0 Å². The number of nitrogens with zero attached hydrogens (tertiary/aromatic N) is 1. The second-order valence-corrected chi connectivity index (χ2v) is 6.65. The van der Waals surface area contributed by atoms with E-state index >= 15 is 0 Å². The van der Waals surface area contributed by atoms with Gasteiger partial charge in [-0.15, -0.1) is 0 Å². The van der Waals surface area contributed by atoms with Crippen LogP contribution in [-0.4, -0.2) is 43.4 Å². The van der Waals surface area contributed by atoms with Gasteiger partial charge in [0.05, 0.1) is 7.11 Å². The average molecular weight is 289 g/mol. The number of likely N-dealkylation sites (N-methyl/N-ethyl adjacent to an activating group) is 1. The third kappa shape index (κ3) is 2.47. The molecule has 1 aliphatic heterocycles. The van der Waals surface area contributed by atoms with Crippen LogP contribution in [0.5, 0.6) is 5.75 Å². The Labute approximate surface area is 127 Å². The van der Waals surface area contributed by atoms with Crippen molar-refractivity contribution >= 4 is 0 Å². The molecule has 2 fully saturated rings. The van der Waals surface area contributed by atoms with Crippen LogP contribution in [-0.2, 0) is 11.8 Å². The highest BCUT2D eigenvalue weighted by molar-refractivity contribution is 5.43. The first-order chi connectivity index (χ1) is 10.2. The third-order valence-electron chi connectivity index (χ3n) is 5.67. The van der Waals surface area contributed by atoms with Gasteiger partial charge in [0.2, 0.25) is 0 Å². The fraction of sp³-hybridized carbons (Fsp3) is 0.667. The molecule has 1 aliphatic carbocycles. The summed E-state index contributed by atoms with van der Waals surface area (Å²) in [7, 11) is 4.01. The largest absolute Gasteiger partial charge is 0.497 e. The number of methoxy groups -OCH3 is 1. The van der Waals surface area contributed by atoms with Crippen molar-refractivity contribution in [1.29, 1.82) is 0 Å². The zero-order chi connectivity index (χ0) is 14.9. The van der Waals surface area contributed by atoms with E-state index in [9.17, 15) is 5.11 Å². The molecule has 0 bridgehead atoms. The fourth-order valence-electron chi connectivity index (χ4n) is 4.62. The Kier molecular flexibility index (Phi) is 4.23. The summed E-state index contributed by atoms with van der Waals surface area (Å²) in [6.07, 6.45) is 7.22. The molecule has 0 unspecified atom stereocenters. The van der Waals surface area contributed by atoms with Gasteiger partial charge in [-0.2, -0.15) is 0 Å². The monoisotopic (exact) mass is 289 g/mol. The Balaban J connectivity index is 2.07. The maximum absolute atomic E-state index is 9.42. The van der Waals surface area contributed by atoms with Crippen LogP contribution in [0.15, 0.2) is 18.2 Å². The maximum Gasteiger partial charge on any atom is 0.119 e. The maximum atomic E-state index is 9.42. The van der Waals surface area contributed by atoms with Gasteiger partial charge >= 0.3 is 0 Å². The van der Waals surface area contributed by atoms with E-state index in [1.165, 1.54) is 49.8 Å². The minimum Gasteiger partial charge on any atom is -0.497 e. The molecule has 2 aliphatic rings. The van der Waals surface area contributed by atoms with Crippen molar-refractivity contribution in [2.45, 2.75) is 50.0 Å². The van der Waals surface area contributed by atoms with Gasteiger partial charge < -0.3 is 14.7 Å². The lowest BCUT2D eigenvalue weighted by atomic mass is 9.65. The zero-order valence-electron chi connectivity index (χ0n) is 13.3. The van der Waals surface area contributed by atoms with E-state index in [2.05, 4.69) is 24.1 Å². The van der Waals surface area contributed by atoms with Crippen LogP contribution in [0, 0.1) is 0 Å². The molecule has 1 heterocycles. The lowest BCUT2D eigenvalue weighted by Crippen LogP contribution is -2.44. The van der Waals surface area contributed by atoms with Gasteiger partial charge in [0.1, 0.15) is 5.75 Å². The SMILES string of the molecule is COc1ccc(CCO)c([C@@]23CCCC[C@H]2N(C)CC3)c1. The second kappa shape index (κ2) is 5.98. The zero-order valence-corrected chi connectivity index (χ0v) is 13.3. The molecule has 1 saturated carbocycles. The molecule has 21 heavy (non-hydrogen) atoms. The summed E-state index contributed by atoms with van der Waals surface area (Å²) in [5.74, 6) is 0.944. The number of fused-ring (bicyclic) bond motifs is 1. The summed E-state index contributed by atoms with van der Waals surface area (Å²) in [5, 5.41) is 9.42. The van der Waals surface area contributed by atoms with E-state index < -0.39 is 0 Å². The minimum absolute atomic E-state index is 0.218. The minimum atomic E-state index is 0.218. The predicted octanol–water partition coefficient (Wildman–Crippen LogP) is 2.75. The third-order valence-corrected chi connectivity index (χ3v) is 5.67. The van der Waals surface area contributed by atoms with E-state index in [4.69, 9.17) is 4.74 Å². The molecule has 0 spiro atoms. The predicted molar refractivity (Wildman–Crippen MR) is 85.0 cm³/mol. The van der Waals surface area contributed by atoms with Crippen LogP contribution < -0.4 is 4.74 Å². The molecule has 1 saturated heterocycles. The van der Waals surface area contributed by atoms with E-state index in [0.29, 0.717) is 6.04 Å². The number of rotatable bonds is 4. The molecular formula is C18H27NO2. The number of aliphatic hydroxyl groups is 1. The summed E-state index contributed by atoms with van der Waals surface area (Å²) in [6, 6.07) is 7.07. The molecular weight excluding hydrogens is 262 g/mol. The second-order valence-electron chi connectivity index (χ2n) is 6.65. The van der Waals surface area contributed by atoms with Crippen LogP contribution in [0.2, 0.25) is 0 Å². The summed E-state index contributed by atoms with van der Waals surface area (Å²) >= 11 is 0. The number of hydrogen-bond acceptors (Lipinski definition) is 3. The smallest absolute Gasteiger partial charge is 0.119 e. The number of likely N-dealkylation sites (tertiary alicyclic amines) is 1. The van der Waals surface area contributed by atoms with Crippen molar-refractivity contribution in [1.82, 2.24) is 4.90 Å². The van der Waals surface area contributed by atoms with E-state index in [1.54, 1.807) is 7.11 Å². The summed E-state index contributed by atoms with van der Waals surface area (Å²) in [5.41, 5.74) is 3.01. The van der Waals surface area contributed by atoms with Crippen molar-refractivity contribution < 1.29 is 9.84 Å². The quantitative estimate of drug-likeness (QED) is 0.925. The molecule has 0 amide bonds. The first-order valence-corrected chi connectivity index (χ1v) is 8.20. The van der Waals surface area contributed by atoms with Gasteiger partial charge in [-0.3, -0.25) is 0 Å². The van der Waals surface area contributed by atoms with Crippen LogP contribution in [0.1, 0.15) is 43.2 Å². The van der Waals surface area contributed by atoms with Crippen molar-refractivity contribution in [3.05, 3.63) is 29.3 Å². The Morgan fingerprint density at radius 2 is 2.19 bits per heavy atom. The van der Waals surface area contributed by atoms with E-state index in [1.807, 2.05) is 6.07 Å². The molecule has 3 rings (SSSR count). The molecule has 1 N–H and O–H groups in total. The lowest BCUT2D eigenvalue weighted by Gasteiger charge is -2.43. The number of ether oxygens (including phenoxy) is 1. The van der Waals surface area contributed by atoms with Gasteiger partial charge in [-0.1, -0.05) is 18.9 Å². The van der Waals surface area contributed by atoms with Gasteiger partial charge in [0.15, 0.2) is 0 Å². The van der Waals surface area contributed by atoms with Crippen molar-refractivity contribution in [3.8, 4) is 5.75 Å². The Morgan fingerprint density at radius 3 is 2.95 bits per heavy atom. The molecule has 0 aromatic heterocycles. The normalized spacial score (nSPS) is 29.4. The molecule has 1 aromatic carbocycles. The fourth-order valence-corrected chi connectivity index (χ4v) is 4.62. The average Bonchev–Trinajstić information content (AvgIpc) is 2.87. The Hall–Kier alpha value is -1.06. The van der Waals surface area contributed by atoms with E-state index in [-0.39, 0.29) is 12.0 Å². The molecule has 3 heteroatoms. The molecule has 2 atom stereocenters. The van der Waals surface area contributed by atoms with Gasteiger partial charge in [0.25, 0.3) is 0 Å². The Morgan fingerprint density at radius 1 is 1.33 bits per heavy atom. The first kappa shape index (κ1) is 14.9. The highest BCUT2D eigenvalue weighted by Crippen LogP contribution is 2.50. The van der Waals surface area contributed by atoms with Crippen LogP contribution in [0.3, 0.4) is 0 Å². The molecule has 0 radical (unpaired) electrons.